The zero-order chi connectivity index (χ0) is 16.6. The average Bonchev–Trinajstić information content (AvgIpc) is 3.11. The summed E-state index contributed by atoms with van der Waals surface area (Å²) in [5.41, 5.74) is 8.33. The second-order valence-corrected chi connectivity index (χ2v) is 6.16. The highest BCUT2D eigenvalue weighted by atomic mass is 127. The number of nitrogens with one attached hydrogen (secondary N) is 1. The van der Waals surface area contributed by atoms with Crippen molar-refractivity contribution in [3.05, 3.63) is 60.4 Å². The van der Waals surface area contributed by atoms with Crippen LogP contribution in [0.3, 0.4) is 0 Å². The van der Waals surface area contributed by atoms with Gasteiger partial charge < -0.3 is 16.0 Å². The van der Waals surface area contributed by atoms with Gasteiger partial charge in [0.2, 0.25) is 0 Å². The number of para-hydroxylation sites is 1. The fourth-order valence-corrected chi connectivity index (χ4v) is 3.00. The van der Waals surface area contributed by atoms with Crippen molar-refractivity contribution in [2.24, 2.45) is 16.6 Å². The van der Waals surface area contributed by atoms with Gasteiger partial charge >= 0.3 is 0 Å². The predicted octanol–water partition coefficient (Wildman–Crippen LogP) is 2.67. The number of benzene rings is 1. The summed E-state index contributed by atoms with van der Waals surface area (Å²) < 4.78 is 0. The van der Waals surface area contributed by atoms with Crippen LogP contribution in [0.25, 0.3) is 0 Å². The van der Waals surface area contributed by atoms with E-state index in [1.54, 1.807) is 0 Å². The highest BCUT2D eigenvalue weighted by molar-refractivity contribution is 14.0. The highest BCUT2D eigenvalue weighted by Gasteiger charge is 2.22. The van der Waals surface area contributed by atoms with Crippen LogP contribution >= 0.6 is 24.0 Å². The van der Waals surface area contributed by atoms with Gasteiger partial charge in [-0.3, -0.25) is 9.98 Å². The molecule has 1 aliphatic rings. The smallest absolute Gasteiger partial charge is 0.188 e. The molecule has 1 unspecified atom stereocenters. The summed E-state index contributed by atoms with van der Waals surface area (Å²) in [5, 5.41) is 3.17. The van der Waals surface area contributed by atoms with E-state index >= 15 is 0 Å². The van der Waals surface area contributed by atoms with Gasteiger partial charge in [-0.25, -0.2) is 0 Å². The average molecular weight is 451 g/mol. The summed E-state index contributed by atoms with van der Waals surface area (Å²) in [4.78, 5) is 11.2. The molecule has 0 radical (unpaired) electrons. The van der Waals surface area contributed by atoms with Gasteiger partial charge in [-0.05, 0) is 36.6 Å². The molecular weight excluding hydrogens is 425 g/mol. The number of guanidine groups is 1. The minimum atomic E-state index is 0. The number of halogens is 1. The number of aliphatic imine (C=N–C) groups is 1. The van der Waals surface area contributed by atoms with Gasteiger partial charge in [0, 0.05) is 50.2 Å². The Balaban J connectivity index is 0.00000225. The fourth-order valence-electron chi connectivity index (χ4n) is 3.00. The molecule has 5 nitrogen and oxygen atoms in total. The lowest BCUT2D eigenvalue weighted by atomic mass is 10.1. The van der Waals surface area contributed by atoms with Gasteiger partial charge in [-0.1, -0.05) is 24.3 Å². The Labute approximate surface area is 166 Å². The quantitative estimate of drug-likeness (QED) is 0.403. The Morgan fingerprint density at radius 3 is 2.76 bits per heavy atom. The molecule has 0 spiro atoms. The molecule has 0 amide bonds. The Morgan fingerprint density at radius 1 is 1.20 bits per heavy atom. The van der Waals surface area contributed by atoms with Gasteiger partial charge in [0.25, 0.3) is 0 Å². The van der Waals surface area contributed by atoms with E-state index in [1.165, 1.54) is 12.1 Å². The van der Waals surface area contributed by atoms with Crippen LogP contribution in [-0.2, 0) is 6.42 Å². The van der Waals surface area contributed by atoms with Crippen molar-refractivity contribution in [3.8, 4) is 0 Å². The SMILES string of the molecule is I.NC(=NCC1CCN(c2ccccc2)C1)NCCc1ccccn1. The van der Waals surface area contributed by atoms with Gasteiger partial charge in [-0.15, -0.1) is 24.0 Å². The molecule has 1 aromatic carbocycles. The van der Waals surface area contributed by atoms with Gasteiger partial charge in [0.05, 0.1) is 0 Å². The first-order valence-electron chi connectivity index (χ1n) is 8.55. The molecule has 1 aromatic heterocycles. The minimum absolute atomic E-state index is 0. The first kappa shape index (κ1) is 19.5. The molecule has 2 aromatic rings. The maximum absolute atomic E-state index is 5.97. The maximum Gasteiger partial charge on any atom is 0.188 e. The Hall–Kier alpha value is -1.83. The lowest BCUT2D eigenvalue weighted by Gasteiger charge is -2.18. The molecule has 134 valence electrons. The number of hydrogen-bond acceptors (Lipinski definition) is 3. The van der Waals surface area contributed by atoms with Crippen LogP contribution in [-0.4, -0.2) is 37.1 Å². The third-order valence-electron chi connectivity index (χ3n) is 4.34. The second kappa shape index (κ2) is 10.2. The Morgan fingerprint density at radius 2 is 2.00 bits per heavy atom. The number of aromatic nitrogens is 1. The van der Waals surface area contributed by atoms with Gasteiger partial charge in [-0.2, -0.15) is 0 Å². The molecule has 3 N–H and O–H groups in total. The summed E-state index contributed by atoms with van der Waals surface area (Å²) in [6, 6.07) is 16.5. The Kier molecular flexibility index (Phi) is 7.97. The Bertz CT molecular complexity index is 647. The summed E-state index contributed by atoms with van der Waals surface area (Å²) >= 11 is 0. The van der Waals surface area contributed by atoms with E-state index in [2.05, 4.69) is 50.5 Å². The van der Waals surface area contributed by atoms with Crippen molar-refractivity contribution in [1.82, 2.24) is 10.3 Å². The van der Waals surface area contributed by atoms with Crippen molar-refractivity contribution in [1.29, 1.82) is 0 Å². The van der Waals surface area contributed by atoms with Gasteiger partial charge in [0.15, 0.2) is 5.96 Å². The maximum atomic E-state index is 5.97. The van der Waals surface area contributed by atoms with Crippen molar-refractivity contribution in [2.75, 3.05) is 31.1 Å². The number of hydrogen-bond donors (Lipinski definition) is 2. The molecule has 1 fully saturated rings. The predicted molar refractivity (Wildman–Crippen MR) is 115 cm³/mol. The molecular formula is C19H26IN5. The molecule has 0 aliphatic carbocycles. The largest absolute Gasteiger partial charge is 0.371 e. The first-order chi connectivity index (χ1) is 11.8. The van der Waals surface area contributed by atoms with E-state index in [-0.39, 0.29) is 24.0 Å². The number of anilines is 1. The van der Waals surface area contributed by atoms with Crippen LogP contribution < -0.4 is 16.0 Å². The van der Waals surface area contributed by atoms with Crippen LogP contribution in [0.1, 0.15) is 12.1 Å². The summed E-state index contributed by atoms with van der Waals surface area (Å²) in [6.45, 7) is 3.69. The molecule has 0 saturated carbocycles. The van der Waals surface area contributed by atoms with Gasteiger partial charge in [0.1, 0.15) is 0 Å². The van der Waals surface area contributed by atoms with Crippen LogP contribution in [0.2, 0.25) is 0 Å². The number of rotatable bonds is 6. The monoisotopic (exact) mass is 451 g/mol. The zero-order valence-electron chi connectivity index (χ0n) is 14.3. The van der Waals surface area contributed by atoms with Crippen molar-refractivity contribution in [2.45, 2.75) is 12.8 Å². The number of pyridine rings is 1. The topological polar surface area (TPSA) is 66.5 Å². The van der Waals surface area contributed by atoms with Crippen molar-refractivity contribution >= 4 is 35.6 Å². The van der Waals surface area contributed by atoms with Crippen LogP contribution in [0.15, 0.2) is 59.7 Å². The molecule has 1 saturated heterocycles. The number of nitrogens with two attached hydrogens (primary N) is 1. The fraction of sp³-hybridized carbons (Fsp3) is 0.368. The van der Waals surface area contributed by atoms with Crippen molar-refractivity contribution < 1.29 is 0 Å². The lowest BCUT2D eigenvalue weighted by Crippen LogP contribution is -2.34. The second-order valence-electron chi connectivity index (χ2n) is 6.16. The molecule has 2 heterocycles. The molecule has 6 heteroatoms. The summed E-state index contributed by atoms with van der Waals surface area (Å²) in [7, 11) is 0. The van der Waals surface area contributed by atoms with Crippen LogP contribution in [0.4, 0.5) is 5.69 Å². The number of nitrogens with zero attached hydrogens (tertiary/aromatic N) is 3. The van der Waals surface area contributed by atoms with E-state index in [9.17, 15) is 0 Å². The first-order valence-corrected chi connectivity index (χ1v) is 8.55. The highest BCUT2D eigenvalue weighted by Crippen LogP contribution is 2.23. The van der Waals surface area contributed by atoms with E-state index in [1.807, 2.05) is 24.4 Å². The summed E-state index contributed by atoms with van der Waals surface area (Å²) in [5.74, 6) is 1.10. The molecule has 25 heavy (non-hydrogen) atoms. The molecule has 0 bridgehead atoms. The zero-order valence-corrected chi connectivity index (χ0v) is 16.7. The molecule has 1 atom stereocenters. The third-order valence-corrected chi connectivity index (χ3v) is 4.34. The third kappa shape index (κ3) is 6.19. The van der Waals surface area contributed by atoms with E-state index in [4.69, 9.17) is 5.73 Å². The summed E-state index contributed by atoms with van der Waals surface area (Å²) in [6.07, 6.45) is 3.83. The normalized spacial score (nSPS) is 17.2. The van der Waals surface area contributed by atoms with E-state index in [0.29, 0.717) is 11.9 Å². The molecule has 1 aliphatic heterocycles. The standard InChI is InChI=1S/C19H25N5.HI/c20-19(22-12-9-17-6-4-5-11-21-17)23-14-16-10-13-24(15-16)18-7-2-1-3-8-18;/h1-8,11,16H,9-10,12-15H2,(H3,20,22,23);1H. The molecule has 3 rings (SSSR count). The van der Waals surface area contributed by atoms with E-state index in [0.717, 1.165) is 38.3 Å². The van der Waals surface area contributed by atoms with Crippen LogP contribution in [0, 0.1) is 5.92 Å². The van der Waals surface area contributed by atoms with Crippen molar-refractivity contribution in [3.63, 3.8) is 0 Å². The minimum Gasteiger partial charge on any atom is -0.371 e. The lowest BCUT2D eigenvalue weighted by molar-refractivity contribution is 0.601. The van der Waals surface area contributed by atoms with Crippen LogP contribution in [0.5, 0.6) is 0 Å². The van der Waals surface area contributed by atoms with E-state index < -0.39 is 0 Å².